The summed E-state index contributed by atoms with van der Waals surface area (Å²) in [6.07, 6.45) is 6.05. The standard InChI is InChI=1S/C29H40N2O7S/c1-21(19-35-20-23-7-5-4-6-8-23)36-29(32)31-17-15-26(16-18-31)37-24-9-11-25(12-10-24)38-27-13-14-28(30-22(27)2)39(3,33)34/h4-8,13-14,21,24-26H,9-12,15-20H2,1-3H3/t21-,24-,25-/m0/s1. The number of hydrogen-bond acceptors (Lipinski definition) is 8. The maximum atomic E-state index is 12.6. The number of nitrogens with zero attached hydrogens (tertiary/aromatic N) is 2. The number of hydrogen-bond donors (Lipinski definition) is 0. The first kappa shape index (κ1) is 29.3. The minimum atomic E-state index is -3.34. The molecular weight excluding hydrogens is 520 g/mol. The molecule has 2 aliphatic rings. The van der Waals surface area contributed by atoms with Crippen molar-refractivity contribution in [3.8, 4) is 5.75 Å². The highest BCUT2D eigenvalue weighted by Crippen LogP contribution is 2.29. The van der Waals surface area contributed by atoms with Crippen LogP contribution < -0.4 is 4.74 Å². The zero-order valence-corrected chi connectivity index (χ0v) is 23.9. The fourth-order valence-electron chi connectivity index (χ4n) is 4.97. The maximum absolute atomic E-state index is 12.6. The molecule has 1 saturated heterocycles. The van der Waals surface area contributed by atoms with Crippen LogP contribution in [-0.2, 0) is 30.7 Å². The molecule has 1 aliphatic carbocycles. The molecule has 2 fully saturated rings. The van der Waals surface area contributed by atoms with Crippen molar-refractivity contribution >= 4 is 15.9 Å². The van der Waals surface area contributed by atoms with Gasteiger partial charge in [-0.05, 0) is 70.1 Å². The van der Waals surface area contributed by atoms with Gasteiger partial charge < -0.3 is 23.8 Å². The molecule has 2 heterocycles. The lowest BCUT2D eigenvalue weighted by Gasteiger charge is -2.36. The number of amides is 1. The van der Waals surface area contributed by atoms with Gasteiger partial charge in [-0.25, -0.2) is 18.2 Å². The van der Waals surface area contributed by atoms with Gasteiger partial charge in [-0.3, -0.25) is 0 Å². The zero-order chi connectivity index (χ0) is 27.8. The third kappa shape index (κ3) is 8.91. The predicted octanol–water partition coefficient (Wildman–Crippen LogP) is 4.71. The van der Waals surface area contributed by atoms with Crippen LogP contribution in [0.15, 0.2) is 47.5 Å². The Hall–Kier alpha value is -2.69. The van der Waals surface area contributed by atoms with E-state index in [0.29, 0.717) is 37.7 Å². The molecule has 10 heteroatoms. The van der Waals surface area contributed by atoms with Crippen molar-refractivity contribution in [2.75, 3.05) is 26.0 Å². The van der Waals surface area contributed by atoms with E-state index >= 15 is 0 Å². The van der Waals surface area contributed by atoms with Crippen molar-refractivity contribution in [2.45, 2.75) is 88.4 Å². The van der Waals surface area contributed by atoms with Crippen LogP contribution in [0.25, 0.3) is 0 Å². The zero-order valence-electron chi connectivity index (χ0n) is 23.1. The molecule has 214 valence electrons. The quantitative estimate of drug-likeness (QED) is 0.412. The van der Waals surface area contributed by atoms with E-state index in [9.17, 15) is 13.2 Å². The molecule has 1 aromatic heterocycles. The number of rotatable bonds is 10. The second-order valence-corrected chi connectivity index (χ2v) is 12.5. The Morgan fingerprint density at radius 2 is 1.62 bits per heavy atom. The fraction of sp³-hybridized carbons (Fsp3) is 0.586. The maximum Gasteiger partial charge on any atom is 0.410 e. The van der Waals surface area contributed by atoms with Crippen molar-refractivity contribution in [1.82, 2.24) is 9.88 Å². The van der Waals surface area contributed by atoms with Gasteiger partial charge in [0, 0.05) is 19.3 Å². The average molecular weight is 561 g/mol. The molecule has 1 atom stereocenters. The molecule has 4 rings (SSSR count). The largest absolute Gasteiger partial charge is 0.489 e. The lowest BCUT2D eigenvalue weighted by Crippen LogP contribution is -2.43. The summed E-state index contributed by atoms with van der Waals surface area (Å²) in [6.45, 7) is 5.71. The first-order chi connectivity index (χ1) is 18.7. The van der Waals surface area contributed by atoms with Crippen molar-refractivity contribution in [3.05, 3.63) is 53.7 Å². The van der Waals surface area contributed by atoms with E-state index in [2.05, 4.69) is 4.98 Å². The summed E-state index contributed by atoms with van der Waals surface area (Å²) in [6, 6.07) is 13.1. The van der Waals surface area contributed by atoms with Crippen molar-refractivity contribution in [2.24, 2.45) is 0 Å². The third-order valence-corrected chi connectivity index (χ3v) is 8.14. The van der Waals surface area contributed by atoms with Gasteiger partial charge >= 0.3 is 6.09 Å². The van der Waals surface area contributed by atoms with Gasteiger partial charge in [-0.1, -0.05) is 30.3 Å². The van der Waals surface area contributed by atoms with Crippen molar-refractivity contribution < 1.29 is 32.2 Å². The second-order valence-electron chi connectivity index (χ2n) is 10.5. The Bertz CT molecular complexity index is 1180. The summed E-state index contributed by atoms with van der Waals surface area (Å²) in [5.41, 5.74) is 1.67. The first-order valence-corrected chi connectivity index (χ1v) is 15.6. The summed E-state index contributed by atoms with van der Waals surface area (Å²) in [5, 5.41) is 0.0612. The molecule has 0 radical (unpaired) electrons. The van der Waals surface area contributed by atoms with Gasteiger partial charge in [0.25, 0.3) is 0 Å². The summed E-state index contributed by atoms with van der Waals surface area (Å²) in [7, 11) is -3.34. The Kier molecular flexibility index (Phi) is 10.2. The Morgan fingerprint density at radius 1 is 0.974 bits per heavy atom. The van der Waals surface area contributed by atoms with E-state index in [1.807, 2.05) is 37.3 Å². The van der Waals surface area contributed by atoms with Gasteiger partial charge in [-0.2, -0.15) is 0 Å². The number of aryl methyl sites for hydroxylation is 1. The average Bonchev–Trinajstić information content (AvgIpc) is 2.91. The molecule has 1 aliphatic heterocycles. The number of piperidine rings is 1. The first-order valence-electron chi connectivity index (χ1n) is 13.7. The van der Waals surface area contributed by atoms with Gasteiger partial charge in [0.05, 0.1) is 37.2 Å². The van der Waals surface area contributed by atoms with Crippen LogP contribution in [0.1, 0.15) is 56.7 Å². The molecule has 0 bridgehead atoms. The molecule has 1 amide bonds. The third-order valence-electron chi connectivity index (χ3n) is 7.16. The molecule has 0 unspecified atom stereocenters. The number of aromatic nitrogens is 1. The van der Waals surface area contributed by atoms with Crippen LogP contribution in [0.5, 0.6) is 5.75 Å². The van der Waals surface area contributed by atoms with E-state index in [1.54, 1.807) is 17.9 Å². The Morgan fingerprint density at radius 3 is 2.26 bits per heavy atom. The summed E-state index contributed by atoms with van der Waals surface area (Å²) in [4.78, 5) is 18.5. The van der Waals surface area contributed by atoms with Gasteiger partial charge in [0.2, 0.25) is 0 Å². The highest BCUT2D eigenvalue weighted by Gasteiger charge is 2.30. The number of benzene rings is 1. The van der Waals surface area contributed by atoms with Crippen LogP contribution in [0.4, 0.5) is 4.79 Å². The predicted molar refractivity (Wildman–Crippen MR) is 146 cm³/mol. The molecule has 39 heavy (non-hydrogen) atoms. The minimum Gasteiger partial charge on any atom is -0.489 e. The topological polar surface area (TPSA) is 104 Å². The number of carbonyl (C=O) groups excluding carboxylic acids is 1. The summed E-state index contributed by atoms with van der Waals surface area (Å²) >= 11 is 0. The number of pyridine rings is 1. The van der Waals surface area contributed by atoms with Gasteiger partial charge in [-0.15, -0.1) is 0 Å². The monoisotopic (exact) mass is 560 g/mol. The molecule has 0 spiro atoms. The van der Waals surface area contributed by atoms with Crippen LogP contribution >= 0.6 is 0 Å². The van der Waals surface area contributed by atoms with E-state index in [0.717, 1.165) is 50.3 Å². The summed E-state index contributed by atoms with van der Waals surface area (Å²) < 4.78 is 47.2. The smallest absolute Gasteiger partial charge is 0.410 e. The summed E-state index contributed by atoms with van der Waals surface area (Å²) in [5.74, 6) is 0.628. The molecule has 2 aromatic rings. The number of sulfone groups is 1. The lowest BCUT2D eigenvalue weighted by atomic mass is 9.94. The molecule has 9 nitrogen and oxygen atoms in total. The van der Waals surface area contributed by atoms with E-state index in [-0.39, 0.29) is 35.5 Å². The van der Waals surface area contributed by atoms with Gasteiger partial charge in [0.15, 0.2) is 14.9 Å². The Labute approximate surface area is 231 Å². The van der Waals surface area contributed by atoms with Crippen LogP contribution in [0.2, 0.25) is 0 Å². The lowest BCUT2D eigenvalue weighted by molar-refractivity contribution is -0.0671. The highest BCUT2D eigenvalue weighted by molar-refractivity contribution is 7.90. The van der Waals surface area contributed by atoms with Crippen LogP contribution in [0.3, 0.4) is 0 Å². The normalized spacial score (nSPS) is 21.4. The molecule has 1 saturated carbocycles. The highest BCUT2D eigenvalue weighted by atomic mass is 32.2. The van der Waals surface area contributed by atoms with Crippen LogP contribution in [-0.4, -0.2) is 74.8 Å². The van der Waals surface area contributed by atoms with Crippen LogP contribution in [0, 0.1) is 6.92 Å². The number of ether oxygens (including phenoxy) is 4. The molecule has 0 N–H and O–H groups in total. The Balaban J connectivity index is 1.11. The van der Waals surface area contributed by atoms with E-state index in [4.69, 9.17) is 18.9 Å². The van der Waals surface area contributed by atoms with E-state index in [1.165, 1.54) is 6.07 Å². The van der Waals surface area contributed by atoms with E-state index < -0.39 is 9.84 Å². The molecular formula is C29H40N2O7S. The van der Waals surface area contributed by atoms with Crippen molar-refractivity contribution in [3.63, 3.8) is 0 Å². The molecule has 1 aromatic carbocycles. The minimum absolute atomic E-state index is 0.0599. The SMILES string of the molecule is Cc1nc(S(C)(=O)=O)ccc1O[C@H]1CC[C@H](OC2CCN(C(=O)O[C@@H](C)COCc3ccccc3)CC2)CC1. The number of likely N-dealkylation sites (tertiary alicyclic amines) is 1. The fourth-order valence-corrected chi connectivity index (χ4v) is 5.58. The van der Waals surface area contributed by atoms with Crippen molar-refractivity contribution in [1.29, 1.82) is 0 Å². The van der Waals surface area contributed by atoms with Gasteiger partial charge in [0.1, 0.15) is 11.9 Å². The number of carbonyl (C=O) groups is 1. The second kappa shape index (κ2) is 13.6.